The molecule has 70 heavy (non-hydrogen) atoms. The van der Waals surface area contributed by atoms with Crippen LogP contribution in [0.5, 0.6) is 0 Å². The van der Waals surface area contributed by atoms with Gasteiger partial charge in [-0.3, -0.25) is 29.0 Å². The van der Waals surface area contributed by atoms with Crippen LogP contribution in [0.15, 0.2) is 126 Å². The van der Waals surface area contributed by atoms with Crippen molar-refractivity contribution in [2.45, 2.75) is 116 Å². The number of hydrogen-bond donors (Lipinski definition) is 2. The van der Waals surface area contributed by atoms with Gasteiger partial charge in [-0.2, -0.15) is 0 Å². The molecular weight excluding hydrogens is 1110 g/mol. The second-order valence-corrected chi connectivity index (χ2v) is 18.1. The number of rotatable bonds is 12. The van der Waals surface area contributed by atoms with E-state index in [2.05, 4.69) is 20.9 Å². The second kappa shape index (κ2) is 37.1. The first-order valence-corrected chi connectivity index (χ1v) is 26.6. The van der Waals surface area contributed by atoms with Crippen LogP contribution in [0.3, 0.4) is 0 Å². The van der Waals surface area contributed by atoms with E-state index in [0.717, 1.165) is 55.2 Å². The zero-order valence-corrected chi connectivity index (χ0v) is 52.3. The monoisotopic (exact) mass is 1180 g/mol. The van der Waals surface area contributed by atoms with Gasteiger partial charge in [-0.1, -0.05) is 114 Å². The Labute approximate surface area is 486 Å². The van der Waals surface area contributed by atoms with Gasteiger partial charge in [-0.05, 0) is 75.3 Å². The van der Waals surface area contributed by atoms with Crippen LogP contribution in [0.25, 0.3) is 12.2 Å². The molecule has 12 nitrogen and oxygen atoms in total. The fourth-order valence-electron chi connectivity index (χ4n) is 6.50. The maximum absolute atomic E-state index is 12.6. The Hall–Kier alpha value is -2.69. The van der Waals surface area contributed by atoms with Crippen LogP contribution in [0.2, 0.25) is 0 Å². The number of thioether (sulfide) groups is 4. The number of aromatic nitrogens is 2. The first kappa shape index (κ1) is 69.4. The number of carbonyl (C=O) groups excluding carboxylic acids is 4. The quantitative estimate of drug-likeness (QED) is 0.0789. The molecule has 2 fully saturated rings. The van der Waals surface area contributed by atoms with Crippen LogP contribution >= 0.6 is 47.0 Å². The molecule has 6 heterocycles. The molecule has 2 aromatic carbocycles. The van der Waals surface area contributed by atoms with E-state index < -0.39 is 12.1 Å². The van der Waals surface area contributed by atoms with Crippen molar-refractivity contribution < 1.29 is 93.6 Å². The van der Waals surface area contributed by atoms with Gasteiger partial charge in [0.1, 0.15) is 22.8 Å². The van der Waals surface area contributed by atoms with Gasteiger partial charge in [0.15, 0.2) is 11.5 Å². The number of carbonyl (C=O) groups is 4. The second-order valence-electron chi connectivity index (χ2n) is 13.7. The first-order chi connectivity index (χ1) is 32.0. The molecule has 4 amide bonds. The summed E-state index contributed by atoms with van der Waals surface area (Å²) in [5, 5.41) is 13.4. The summed E-state index contributed by atoms with van der Waals surface area (Å²) in [7, 11) is 0. The third kappa shape index (κ3) is 19.6. The van der Waals surface area contributed by atoms with Gasteiger partial charge in [0.05, 0.1) is 22.9 Å². The average Bonchev–Trinajstić information content (AvgIpc) is 3.99. The summed E-state index contributed by atoms with van der Waals surface area (Å²) in [5.41, 5.74) is 5.65. The molecule has 0 aliphatic carbocycles. The molecule has 4 atom stereocenters. The van der Waals surface area contributed by atoms with Crippen molar-refractivity contribution in [3.8, 4) is 0 Å². The Morgan fingerprint density at radius 2 is 0.929 bits per heavy atom. The molecule has 4 aromatic rings. The summed E-state index contributed by atoms with van der Waals surface area (Å²) >= 11 is 6.26. The van der Waals surface area contributed by atoms with Gasteiger partial charge < -0.3 is 34.5 Å². The average molecular weight is 1180 g/mol. The zero-order chi connectivity index (χ0) is 48.8. The predicted molar refractivity (Wildman–Crippen MR) is 289 cm³/mol. The molecule has 0 spiro atoms. The number of hydrogen-bond acceptors (Lipinski definition) is 12. The minimum absolute atomic E-state index is 0. The van der Waals surface area contributed by atoms with Crippen LogP contribution in [0, 0.1) is 28.7 Å². The number of amides is 4. The van der Waals surface area contributed by atoms with Gasteiger partial charge in [0, 0.05) is 110 Å². The van der Waals surface area contributed by atoms with Crippen LogP contribution < -0.4 is 10.6 Å². The Morgan fingerprint density at radius 3 is 1.23 bits per heavy atom. The molecule has 0 saturated carbocycles. The zero-order valence-electron chi connectivity index (χ0n) is 43.4. The molecule has 2 N–H and O–H groups in total. The third-order valence-corrected chi connectivity index (χ3v) is 14.2. The maximum Gasteiger partial charge on any atom is 0.253 e. The summed E-state index contributed by atoms with van der Waals surface area (Å²) in [6.07, 6.45) is 7.66. The molecule has 378 valence electrons. The van der Waals surface area contributed by atoms with Gasteiger partial charge in [0.25, 0.3) is 11.8 Å². The Kier molecular flexibility index (Phi) is 36.8. The van der Waals surface area contributed by atoms with Gasteiger partial charge in [-0.15, -0.1) is 47.0 Å². The molecule has 18 heteroatoms. The van der Waals surface area contributed by atoms with E-state index in [1.54, 1.807) is 33.3 Å². The third-order valence-electron chi connectivity index (χ3n) is 9.61. The predicted octanol–water partition coefficient (Wildman–Crippen LogP) is 11.9. The number of allylic oxidation sites excluding steroid dienone is 4. The summed E-state index contributed by atoms with van der Waals surface area (Å²) < 4.78 is 10.4. The molecule has 4 aliphatic heterocycles. The Morgan fingerprint density at radius 1 is 0.600 bits per heavy atom. The minimum atomic E-state index is -0.457. The van der Waals surface area contributed by atoms with Gasteiger partial charge in [-0.25, -0.2) is 0 Å². The fraction of sp³-hybridized carbons (Fsp3) is 0.385. The summed E-state index contributed by atoms with van der Waals surface area (Å²) in [6.45, 7) is 23.6. The Balaban J connectivity index is 0. The van der Waals surface area contributed by atoms with Crippen LogP contribution in [0.1, 0.15) is 92.1 Å². The van der Waals surface area contributed by atoms with Crippen molar-refractivity contribution in [3.05, 3.63) is 145 Å². The normalized spacial score (nSPS) is 18.0. The molecule has 2 saturated heterocycles. The number of nitrogens with one attached hydrogen (secondary N) is 2. The molecule has 4 aliphatic rings. The number of β-lactam (4-membered cyclic amide) rings is 2. The van der Waals surface area contributed by atoms with Gasteiger partial charge in [0.2, 0.25) is 11.8 Å². The van der Waals surface area contributed by atoms with Gasteiger partial charge >= 0.3 is 0 Å². The SMILES string of the molecule is CC.CC.CC.CC.CC1=C(/C=C/c2cc(C)no2)CSC2C(NC(=O)CSc3ccccc3)C(=O)N12.CC1=C(/C=C\c2cc(C)no2)CSC2C(NC(=O)CSc3ccccc3)C(=O)N12.[CH3-].[CH3-].[Y].[Y]. The molecule has 2 radical (unpaired) electrons. The summed E-state index contributed by atoms with van der Waals surface area (Å²) in [6, 6.07) is 22.3. The number of nitrogens with zero attached hydrogens (tertiary/aromatic N) is 4. The van der Waals surface area contributed by atoms with Crippen molar-refractivity contribution >= 4 is 82.8 Å². The van der Waals surface area contributed by atoms with E-state index in [4.69, 9.17) is 9.05 Å². The van der Waals surface area contributed by atoms with Crippen molar-refractivity contribution in [3.63, 3.8) is 0 Å². The van der Waals surface area contributed by atoms with E-state index >= 15 is 0 Å². The fourth-order valence-corrected chi connectivity index (χ4v) is 10.9. The molecule has 0 bridgehead atoms. The molecule has 8 rings (SSSR count). The Bertz CT molecular complexity index is 2150. The van der Waals surface area contributed by atoms with Crippen molar-refractivity contribution in [2.24, 2.45) is 0 Å². The van der Waals surface area contributed by atoms with E-state index in [1.807, 2.05) is 180 Å². The topological polar surface area (TPSA) is 151 Å². The summed E-state index contributed by atoms with van der Waals surface area (Å²) in [4.78, 5) is 55.5. The number of fused-ring (bicyclic) bond motifs is 2. The van der Waals surface area contributed by atoms with Crippen molar-refractivity contribution in [1.29, 1.82) is 0 Å². The van der Waals surface area contributed by atoms with E-state index in [9.17, 15) is 19.2 Å². The first-order valence-electron chi connectivity index (χ1n) is 22.5. The van der Waals surface area contributed by atoms with Crippen molar-refractivity contribution in [2.75, 3.05) is 23.0 Å². The molecule has 2 aromatic heterocycles. The number of aryl methyl sites for hydroxylation is 2. The van der Waals surface area contributed by atoms with E-state index in [0.29, 0.717) is 23.0 Å². The molecule has 4 unspecified atom stereocenters. The van der Waals surface area contributed by atoms with Crippen LogP contribution in [-0.2, 0) is 84.6 Å². The van der Waals surface area contributed by atoms with E-state index in [-0.39, 0.29) is 115 Å². The van der Waals surface area contributed by atoms with Crippen LogP contribution in [0.4, 0.5) is 0 Å². The molecular formula is C52H72N6O6S4Y2-2. The number of benzene rings is 2. The maximum atomic E-state index is 12.6. The minimum Gasteiger partial charge on any atom is -0.358 e. The van der Waals surface area contributed by atoms with Crippen molar-refractivity contribution in [1.82, 2.24) is 30.7 Å². The van der Waals surface area contributed by atoms with Crippen LogP contribution in [-0.4, -0.2) is 89.6 Å². The van der Waals surface area contributed by atoms with E-state index in [1.165, 1.54) is 23.5 Å². The smallest absolute Gasteiger partial charge is 0.253 e. The summed E-state index contributed by atoms with van der Waals surface area (Å²) in [5.74, 6) is 3.16. The largest absolute Gasteiger partial charge is 0.358 e. The standard InChI is InChI=1S/2C21H21N3O3S2.4C2H6.2CH3.2Y/c2*1-13-10-16(27-23-13)9-8-15-11-29-21-19(20(26)24(21)14(15)2)22-18(25)12-28-17-6-4-3-5-7-17;4*1-2;;;;/h2*3-10,19,21H,11-12H2,1-2H3,(H,22,25);4*1-2H3;2*1H3;;/q;;;;;;2*-1;;/b9-8+;9-8-;;;;;;;;.